The van der Waals surface area contributed by atoms with Crippen LogP contribution in [0.2, 0.25) is 0 Å². The number of fused-ring (bicyclic) bond motifs is 1. The summed E-state index contributed by atoms with van der Waals surface area (Å²) in [7, 11) is -0.793. The number of esters is 1. The van der Waals surface area contributed by atoms with E-state index in [1.165, 1.54) is 14.2 Å². The molecule has 1 aromatic rings. The SMILES string of the molecule is C=C1C(C)CC(CC[C@@H]2OC(CC[C@@]34CC5OC6C(O3)[C@H]3OC(CC(=O)OC)CCC3O[C@H]6C5O4)CC2=C)OC1C[C@@H]1O[C@H](CC(O)CO)[C@H](OC)C1CS(=O)(=O)c1ccccc1. The Morgan fingerprint density at radius 1 is 0.857 bits per heavy atom. The third-order valence-corrected chi connectivity index (χ3v) is 16.9. The predicted molar refractivity (Wildman–Crippen MR) is 225 cm³/mol. The third-order valence-electron chi connectivity index (χ3n) is 15.1. The summed E-state index contributed by atoms with van der Waals surface area (Å²) >= 11 is 0. The summed E-state index contributed by atoms with van der Waals surface area (Å²) in [5.74, 6) is -1.73. The number of aliphatic hydroxyl groups is 2. The van der Waals surface area contributed by atoms with Gasteiger partial charge in [0, 0.05) is 38.7 Å². The van der Waals surface area contributed by atoms with Crippen LogP contribution in [-0.4, -0.2) is 155 Å². The molecular weight excluding hydrogens is 837 g/mol. The smallest absolute Gasteiger partial charge is 0.308 e. The Labute approximate surface area is 370 Å². The Morgan fingerprint density at radius 2 is 1.60 bits per heavy atom. The zero-order chi connectivity index (χ0) is 44.2. The van der Waals surface area contributed by atoms with E-state index in [1.807, 2.05) is 0 Å². The van der Waals surface area contributed by atoms with E-state index in [0.717, 1.165) is 49.7 Å². The van der Waals surface area contributed by atoms with Crippen molar-refractivity contribution in [1.82, 2.24) is 0 Å². The first-order valence-corrected chi connectivity index (χ1v) is 24.7. The molecule has 19 atom stereocenters. The van der Waals surface area contributed by atoms with Crippen LogP contribution < -0.4 is 0 Å². The molecule has 2 N–H and O–H groups in total. The maximum absolute atomic E-state index is 13.7. The molecule has 10 rings (SSSR count). The third kappa shape index (κ3) is 9.36. The van der Waals surface area contributed by atoms with Gasteiger partial charge in [-0.15, -0.1) is 0 Å². The van der Waals surface area contributed by atoms with Gasteiger partial charge in [0.25, 0.3) is 0 Å². The average Bonchev–Trinajstić information content (AvgIpc) is 3.95. The lowest BCUT2D eigenvalue weighted by Crippen LogP contribution is -2.61. The number of hydrogen-bond acceptors (Lipinski definition) is 15. The van der Waals surface area contributed by atoms with Crippen molar-refractivity contribution in [3.05, 3.63) is 54.6 Å². The summed E-state index contributed by atoms with van der Waals surface area (Å²) in [6.07, 6.45) is 1.69. The molecule has 0 spiro atoms. The number of hydrogen-bond donors (Lipinski definition) is 2. The van der Waals surface area contributed by atoms with Gasteiger partial charge in [-0.05, 0) is 74.1 Å². The minimum atomic E-state index is -3.71. The van der Waals surface area contributed by atoms with Crippen LogP contribution in [0.1, 0.15) is 84.0 Å². The molecule has 9 saturated heterocycles. The molecule has 0 radical (unpaired) electrons. The van der Waals surface area contributed by atoms with Gasteiger partial charge in [0.1, 0.15) is 30.5 Å². The highest BCUT2D eigenvalue weighted by molar-refractivity contribution is 7.91. The van der Waals surface area contributed by atoms with Crippen molar-refractivity contribution in [2.24, 2.45) is 11.8 Å². The molecule has 16 heteroatoms. The Morgan fingerprint density at radius 3 is 2.37 bits per heavy atom. The molecule has 63 heavy (non-hydrogen) atoms. The van der Waals surface area contributed by atoms with Crippen LogP contribution in [0.15, 0.2) is 59.5 Å². The Balaban J connectivity index is 0.806. The summed E-state index contributed by atoms with van der Waals surface area (Å²) in [5.41, 5.74) is 2.00. The predicted octanol–water partition coefficient (Wildman–Crippen LogP) is 4.15. The van der Waals surface area contributed by atoms with Crippen molar-refractivity contribution >= 4 is 15.8 Å². The largest absolute Gasteiger partial charge is 0.469 e. The number of methoxy groups -OCH3 is 2. The van der Waals surface area contributed by atoms with Crippen molar-refractivity contribution in [1.29, 1.82) is 0 Å². The van der Waals surface area contributed by atoms with E-state index in [0.29, 0.717) is 25.7 Å². The number of benzene rings is 1. The van der Waals surface area contributed by atoms with Gasteiger partial charge in [-0.1, -0.05) is 38.3 Å². The lowest BCUT2D eigenvalue weighted by Gasteiger charge is -2.47. The number of carbonyl (C=O) groups excluding carboxylic acids is 1. The fraction of sp³-hybridized carbons (Fsp3) is 0.766. The topological polar surface area (TPSA) is 184 Å². The highest BCUT2D eigenvalue weighted by Crippen LogP contribution is 2.54. The minimum absolute atomic E-state index is 0.0468. The lowest BCUT2D eigenvalue weighted by atomic mass is 9.83. The van der Waals surface area contributed by atoms with Gasteiger partial charge in [0.2, 0.25) is 0 Å². The lowest BCUT2D eigenvalue weighted by molar-refractivity contribution is -0.293. The Hall–Kier alpha value is -2.32. The molecule has 0 saturated carbocycles. The van der Waals surface area contributed by atoms with E-state index in [-0.39, 0.29) is 109 Å². The second-order valence-electron chi connectivity index (χ2n) is 19.3. The van der Waals surface area contributed by atoms with E-state index in [9.17, 15) is 23.4 Å². The van der Waals surface area contributed by atoms with E-state index in [2.05, 4.69) is 20.1 Å². The molecule has 350 valence electrons. The maximum Gasteiger partial charge on any atom is 0.308 e. The fourth-order valence-electron chi connectivity index (χ4n) is 11.9. The zero-order valence-corrected chi connectivity index (χ0v) is 37.5. The van der Waals surface area contributed by atoms with E-state index in [4.69, 9.17) is 47.4 Å². The summed E-state index contributed by atoms with van der Waals surface area (Å²) < 4.78 is 91.4. The van der Waals surface area contributed by atoms with Crippen LogP contribution in [0.4, 0.5) is 0 Å². The second kappa shape index (κ2) is 18.8. The van der Waals surface area contributed by atoms with Crippen LogP contribution in [0.25, 0.3) is 0 Å². The van der Waals surface area contributed by atoms with Crippen molar-refractivity contribution < 1.29 is 70.8 Å². The van der Waals surface area contributed by atoms with Crippen molar-refractivity contribution in [2.45, 2.75) is 192 Å². The number of rotatable bonds is 17. The van der Waals surface area contributed by atoms with Gasteiger partial charge < -0.3 is 57.6 Å². The van der Waals surface area contributed by atoms with Gasteiger partial charge in [0.15, 0.2) is 15.6 Å². The number of aliphatic hydroxyl groups excluding tert-OH is 2. The molecule has 1 aromatic carbocycles. The van der Waals surface area contributed by atoms with Crippen LogP contribution in [0, 0.1) is 11.8 Å². The molecule has 12 unspecified atom stereocenters. The monoisotopic (exact) mass is 902 g/mol. The highest BCUT2D eigenvalue weighted by atomic mass is 32.2. The molecule has 9 aliphatic heterocycles. The van der Waals surface area contributed by atoms with Crippen LogP contribution in [-0.2, 0) is 62.0 Å². The molecule has 0 aliphatic carbocycles. The maximum atomic E-state index is 13.7. The Kier molecular flexibility index (Phi) is 13.6. The minimum Gasteiger partial charge on any atom is -0.469 e. The average molecular weight is 903 g/mol. The van der Waals surface area contributed by atoms with Gasteiger partial charge in [-0.25, -0.2) is 8.42 Å². The van der Waals surface area contributed by atoms with Gasteiger partial charge in [-0.2, -0.15) is 0 Å². The van der Waals surface area contributed by atoms with E-state index < -0.39 is 52.6 Å². The molecular formula is C47H66O15S. The van der Waals surface area contributed by atoms with Crippen LogP contribution in [0.3, 0.4) is 0 Å². The van der Waals surface area contributed by atoms with Crippen LogP contribution in [0.5, 0.6) is 0 Å². The molecule has 15 nitrogen and oxygen atoms in total. The van der Waals surface area contributed by atoms with Crippen LogP contribution >= 0.6 is 0 Å². The molecule has 9 heterocycles. The van der Waals surface area contributed by atoms with Gasteiger partial charge >= 0.3 is 5.97 Å². The van der Waals surface area contributed by atoms with Gasteiger partial charge in [0.05, 0.1) is 97.9 Å². The zero-order valence-electron chi connectivity index (χ0n) is 36.7. The standard InChI is InChI=1S/C47H66O15S/c1-25-17-29(56-36(27(25)3)21-37-33(24-63(51,52)32-9-7-6-8-10-32)41(54-5)38(58-37)19-28(49)23-48)11-13-34-26(2)18-31(55-34)15-16-47-22-39-43(61-47)44-45(60-39)46(62-47)42-35(59-44)14-12-30(57-42)20-40(50)53-4/h6-10,25,28-31,33-39,41-46,48-49H,2-3,11-24H2,1,4-5H3/t25?,28?,29?,30?,31?,33?,34-,35?,36?,37-,38+,39?,41+,42-,43?,44-,45?,46?,47-/m0/s1. The first-order valence-electron chi connectivity index (χ1n) is 23.1. The molecule has 9 aliphatic rings. The van der Waals surface area contributed by atoms with Crippen molar-refractivity contribution in [3.63, 3.8) is 0 Å². The number of ether oxygens (including phenoxy) is 10. The van der Waals surface area contributed by atoms with E-state index in [1.54, 1.807) is 30.3 Å². The van der Waals surface area contributed by atoms with E-state index >= 15 is 0 Å². The summed E-state index contributed by atoms with van der Waals surface area (Å²) in [6, 6.07) is 8.36. The first-order chi connectivity index (χ1) is 30.3. The second-order valence-corrected chi connectivity index (χ2v) is 21.3. The Bertz CT molecular complexity index is 1910. The molecule has 6 bridgehead atoms. The first kappa shape index (κ1) is 45.8. The van der Waals surface area contributed by atoms with Crippen molar-refractivity contribution in [2.75, 3.05) is 26.6 Å². The normalized spacial score (nSPS) is 43.5. The quantitative estimate of drug-likeness (QED) is 0.168. The highest BCUT2D eigenvalue weighted by Gasteiger charge is 2.68. The van der Waals surface area contributed by atoms with Gasteiger partial charge in [-0.3, -0.25) is 4.79 Å². The molecule has 0 aromatic heterocycles. The molecule has 0 amide bonds. The summed E-state index contributed by atoms with van der Waals surface area (Å²) in [5, 5.41) is 20.0. The fourth-order valence-corrected chi connectivity index (χ4v) is 13.5. The summed E-state index contributed by atoms with van der Waals surface area (Å²) in [4.78, 5) is 12.3. The van der Waals surface area contributed by atoms with Crippen molar-refractivity contribution in [3.8, 4) is 0 Å². The molecule has 9 fully saturated rings. The number of sulfone groups is 1. The summed E-state index contributed by atoms with van der Waals surface area (Å²) in [6.45, 7) is 10.6. The number of carbonyl (C=O) groups is 1.